The second-order valence-electron chi connectivity index (χ2n) is 4.34. The lowest BCUT2D eigenvalue weighted by molar-refractivity contribution is 0.211. The van der Waals surface area contributed by atoms with Gasteiger partial charge in [-0.3, -0.25) is 4.90 Å². The first-order chi connectivity index (χ1) is 7.36. The third kappa shape index (κ3) is 3.05. The van der Waals surface area contributed by atoms with Gasteiger partial charge < -0.3 is 5.32 Å². The number of rotatable bonds is 2. The van der Waals surface area contributed by atoms with Crippen LogP contribution in [0.1, 0.15) is 18.9 Å². The first-order valence-electron chi connectivity index (χ1n) is 5.85. The van der Waals surface area contributed by atoms with Gasteiger partial charge in [0.15, 0.2) is 0 Å². The molecule has 0 saturated carbocycles. The third-order valence-corrected chi connectivity index (χ3v) is 3.17. The standard InChI is InChI=1S/C13H20N2/c1-12-7-8-14-9-10-15(12)11-13-5-3-2-4-6-13/h2-6,12,14H,7-11H2,1H3/t12-/m0/s1. The van der Waals surface area contributed by atoms with E-state index in [1.165, 1.54) is 12.0 Å². The molecular formula is C13H20N2. The van der Waals surface area contributed by atoms with E-state index in [1.807, 2.05) is 0 Å². The van der Waals surface area contributed by atoms with Crippen molar-refractivity contribution < 1.29 is 0 Å². The molecule has 0 spiro atoms. The monoisotopic (exact) mass is 204 g/mol. The molecule has 1 atom stereocenters. The minimum absolute atomic E-state index is 0.695. The molecule has 1 aromatic rings. The summed E-state index contributed by atoms with van der Waals surface area (Å²) in [7, 11) is 0. The molecule has 1 aliphatic heterocycles. The van der Waals surface area contributed by atoms with Gasteiger partial charge in [0.05, 0.1) is 0 Å². The highest BCUT2D eigenvalue weighted by Gasteiger charge is 2.16. The maximum atomic E-state index is 3.45. The largest absolute Gasteiger partial charge is 0.315 e. The lowest BCUT2D eigenvalue weighted by atomic mass is 10.1. The van der Waals surface area contributed by atoms with Gasteiger partial charge in [0.25, 0.3) is 0 Å². The molecule has 1 saturated heterocycles. The Morgan fingerprint density at radius 2 is 2.07 bits per heavy atom. The van der Waals surface area contributed by atoms with E-state index in [4.69, 9.17) is 0 Å². The van der Waals surface area contributed by atoms with Crippen LogP contribution in [0.2, 0.25) is 0 Å². The van der Waals surface area contributed by atoms with Crippen molar-refractivity contribution >= 4 is 0 Å². The quantitative estimate of drug-likeness (QED) is 0.791. The molecular weight excluding hydrogens is 184 g/mol. The predicted molar refractivity (Wildman–Crippen MR) is 63.8 cm³/mol. The van der Waals surface area contributed by atoms with Gasteiger partial charge >= 0.3 is 0 Å². The number of nitrogens with one attached hydrogen (secondary N) is 1. The van der Waals surface area contributed by atoms with Crippen LogP contribution in [0, 0.1) is 0 Å². The minimum Gasteiger partial charge on any atom is -0.315 e. The first kappa shape index (κ1) is 10.7. The van der Waals surface area contributed by atoms with E-state index in [9.17, 15) is 0 Å². The van der Waals surface area contributed by atoms with Gasteiger partial charge in [0.1, 0.15) is 0 Å². The molecule has 15 heavy (non-hydrogen) atoms. The van der Waals surface area contributed by atoms with E-state index in [1.54, 1.807) is 0 Å². The summed E-state index contributed by atoms with van der Waals surface area (Å²) in [5.41, 5.74) is 1.42. The Morgan fingerprint density at radius 3 is 2.87 bits per heavy atom. The molecule has 0 amide bonds. The zero-order valence-electron chi connectivity index (χ0n) is 9.45. The van der Waals surface area contributed by atoms with Crippen LogP contribution in [-0.4, -0.2) is 30.6 Å². The van der Waals surface area contributed by atoms with Crippen LogP contribution in [-0.2, 0) is 6.54 Å². The lowest BCUT2D eigenvalue weighted by Gasteiger charge is -2.26. The van der Waals surface area contributed by atoms with Crippen LogP contribution in [0.3, 0.4) is 0 Å². The van der Waals surface area contributed by atoms with Crippen LogP contribution in [0.4, 0.5) is 0 Å². The molecule has 1 fully saturated rings. The van der Waals surface area contributed by atoms with Crippen molar-refractivity contribution in [1.29, 1.82) is 0 Å². The fourth-order valence-electron chi connectivity index (χ4n) is 2.11. The first-order valence-corrected chi connectivity index (χ1v) is 5.85. The Kier molecular flexibility index (Phi) is 3.75. The molecule has 2 heteroatoms. The molecule has 1 heterocycles. The summed E-state index contributed by atoms with van der Waals surface area (Å²) in [6, 6.07) is 11.4. The van der Waals surface area contributed by atoms with Gasteiger partial charge in [-0.25, -0.2) is 0 Å². The van der Waals surface area contributed by atoms with Crippen LogP contribution in [0.15, 0.2) is 30.3 Å². The molecule has 1 aliphatic rings. The molecule has 1 aromatic carbocycles. The Hall–Kier alpha value is -0.860. The minimum atomic E-state index is 0.695. The van der Waals surface area contributed by atoms with Crippen molar-refractivity contribution in [3.63, 3.8) is 0 Å². The summed E-state index contributed by atoms with van der Waals surface area (Å²) in [4.78, 5) is 2.56. The Balaban J connectivity index is 1.97. The predicted octanol–water partition coefficient (Wildman–Crippen LogP) is 1.87. The van der Waals surface area contributed by atoms with Crippen LogP contribution in [0.5, 0.6) is 0 Å². The van der Waals surface area contributed by atoms with E-state index in [-0.39, 0.29) is 0 Å². The molecule has 0 bridgehead atoms. The van der Waals surface area contributed by atoms with Gasteiger partial charge in [0.2, 0.25) is 0 Å². The van der Waals surface area contributed by atoms with Crippen LogP contribution in [0.25, 0.3) is 0 Å². The molecule has 1 N–H and O–H groups in total. The van der Waals surface area contributed by atoms with Crippen molar-refractivity contribution in [2.45, 2.75) is 25.9 Å². The summed E-state index contributed by atoms with van der Waals surface area (Å²) in [5, 5.41) is 3.45. The van der Waals surface area contributed by atoms with Crippen LogP contribution >= 0.6 is 0 Å². The Morgan fingerprint density at radius 1 is 1.27 bits per heavy atom. The smallest absolute Gasteiger partial charge is 0.0237 e. The summed E-state index contributed by atoms with van der Waals surface area (Å²) in [6.45, 7) is 6.86. The van der Waals surface area contributed by atoms with E-state index < -0.39 is 0 Å². The normalized spacial score (nSPS) is 23.7. The number of nitrogens with zero attached hydrogens (tertiary/aromatic N) is 1. The van der Waals surface area contributed by atoms with E-state index in [0.29, 0.717) is 6.04 Å². The summed E-state index contributed by atoms with van der Waals surface area (Å²) >= 11 is 0. The maximum Gasteiger partial charge on any atom is 0.0237 e. The molecule has 0 aliphatic carbocycles. The second kappa shape index (κ2) is 5.29. The van der Waals surface area contributed by atoms with Gasteiger partial charge in [-0.1, -0.05) is 30.3 Å². The van der Waals surface area contributed by atoms with Crippen molar-refractivity contribution in [3.8, 4) is 0 Å². The molecule has 0 aromatic heterocycles. The molecule has 82 valence electrons. The second-order valence-corrected chi connectivity index (χ2v) is 4.34. The van der Waals surface area contributed by atoms with Gasteiger partial charge in [-0.15, -0.1) is 0 Å². The molecule has 2 rings (SSSR count). The van der Waals surface area contributed by atoms with E-state index >= 15 is 0 Å². The SMILES string of the molecule is C[C@H]1CCNCCN1Cc1ccccc1. The molecule has 0 unspecified atom stereocenters. The van der Waals surface area contributed by atoms with Gasteiger partial charge in [-0.2, -0.15) is 0 Å². The van der Waals surface area contributed by atoms with Crippen molar-refractivity contribution in [1.82, 2.24) is 10.2 Å². The highest BCUT2D eigenvalue weighted by Crippen LogP contribution is 2.11. The fraction of sp³-hybridized carbons (Fsp3) is 0.538. The highest BCUT2D eigenvalue weighted by molar-refractivity contribution is 5.14. The van der Waals surface area contributed by atoms with Crippen molar-refractivity contribution in [3.05, 3.63) is 35.9 Å². The lowest BCUT2D eigenvalue weighted by Crippen LogP contribution is -2.33. The zero-order valence-corrected chi connectivity index (χ0v) is 9.45. The molecule has 0 radical (unpaired) electrons. The van der Waals surface area contributed by atoms with E-state index in [2.05, 4.69) is 47.5 Å². The van der Waals surface area contributed by atoms with Crippen molar-refractivity contribution in [2.75, 3.05) is 19.6 Å². The topological polar surface area (TPSA) is 15.3 Å². The number of hydrogen-bond donors (Lipinski definition) is 1. The number of benzene rings is 1. The Labute approximate surface area is 92.3 Å². The third-order valence-electron chi connectivity index (χ3n) is 3.17. The highest BCUT2D eigenvalue weighted by atomic mass is 15.2. The maximum absolute atomic E-state index is 3.45. The zero-order chi connectivity index (χ0) is 10.5. The number of hydrogen-bond acceptors (Lipinski definition) is 2. The summed E-state index contributed by atoms with van der Waals surface area (Å²) in [6.07, 6.45) is 1.26. The van der Waals surface area contributed by atoms with Crippen LogP contribution < -0.4 is 5.32 Å². The summed E-state index contributed by atoms with van der Waals surface area (Å²) in [5.74, 6) is 0. The van der Waals surface area contributed by atoms with Crippen molar-refractivity contribution in [2.24, 2.45) is 0 Å². The van der Waals surface area contributed by atoms with Gasteiger partial charge in [-0.05, 0) is 25.5 Å². The summed E-state index contributed by atoms with van der Waals surface area (Å²) < 4.78 is 0. The Bertz CT molecular complexity index is 284. The van der Waals surface area contributed by atoms with E-state index in [0.717, 1.165) is 26.2 Å². The molecule has 2 nitrogen and oxygen atoms in total. The average molecular weight is 204 g/mol. The van der Waals surface area contributed by atoms with Gasteiger partial charge in [0, 0.05) is 25.7 Å². The average Bonchev–Trinajstić information content (AvgIpc) is 2.46. The fourth-order valence-corrected chi connectivity index (χ4v) is 2.11.